The highest BCUT2D eigenvalue weighted by Gasteiger charge is 2.44. The highest BCUT2D eigenvalue weighted by Crippen LogP contribution is 2.19. The quantitative estimate of drug-likeness (QED) is 0.263. The molecule has 1 fully saturated rings. The Labute approximate surface area is 113 Å². The Morgan fingerprint density at radius 3 is 2.30 bits per heavy atom. The fourth-order valence-corrected chi connectivity index (χ4v) is 1.73. The van der Waals surface area contributed by atoms with E-state index >= 15 is 0 Å². The van der Waals surface area contributed by atoms with Crippen molar-refractivity contribution in [1.82, 2.24) is 5.32 Å². The minimum Gasteiger partial charge on any atom is -0.480 e. The molecule has 1 amide bonds. The van der Waals surface area contributed by atoms with Crippen molar-refractivity contribution < 1.29 is 39.9 Å². The lowest BCUT2D eigenvalue weighted by Crippen LogP contribution is -2.63. The number of ether oxygens (including phenoxy) is 1. The van der Waals surface area contributed by atoms with Gasteiger partial charge in [0, 0.05) is 0 Å². The van der Waals surface area contributed by atoms with Crippen LogP contribution in [0.3, 0.4) is 0 Å². The van der Waals surface area contributed by atoms with E-state index in [1.165, 1.54) is 0 Å². The van der Waals surface area contributed by atoms with Gasteiger partial charge in [0.05, 0.1) is 13.0 Å². The van der Waals surface area contributed by atoms with E-state index in [9.17, 15) is 24.9 Å². The molecule has 6 atom stereocenters. The van der Waals surface area contributed by atoms with Crippen molar-refractivity contribution in [2.24, 2.45) is 5.73 Å². The molecule has 1 aliphatic rings. The fraction of sp³-hybridized carbons (Fsp3) is 0.800. The van der Waals surface area contributed by atoms with Crippen molar-refractivity contribution >= 4 is 11.9 Å². The molecule has 1 aliphatic heterocycles. The number of aliphatic hydroxyl groups is 4. The molecule has 0 spiro atoms. The standard InChI is InChI=1S/C10H18N2O8/c11-3(10(18)19)1-5(14)12-9-8(17)7(16)6(15)4(2-13)20-9/h3-4,6-9,13,15-17H,1-2,11H2,(H,12,14)(H,18,19)/t3-,4?,6+,7?,8+,9+/m0/s1. The SMILES string of the molecule is N[C@@H](CC(=O)N[C@@H]1OC(CO)[C@@H](O)C(O)[C@H]1O)C(=O)O. The number of nitrogens with one attached hydrogen (secondary N) is 1. The van der Waals surface area contributed by atoms with E-state index in [0.717, 1.165) is 0 Å². The number of carbonyl (C=O) groups excluding carboxylic acids is 1. The zero-order valence-corrected chi connectivity index (χ0v) is 10.4. The maximum Gasteiger partial charge on any atom is 0.321 e. The van der Waals surface area contributed by atoms with Gasteiger partial charge in [0.15, 0.2) is 6.23 Å². The van der Waals surface area contributed by atoms with E-state index in [1.54, 1.807) is 0 Å². The van der Waals surface area contributed by atoms with Crippen molar-refractivity contribution in [2.45, 2.75) is 43.1 Å². The zero-order valence-electron chi connectivity index (χ0n) is 10.4. The average Bonchev–Trinajstić information content (AvgIpc) is 2.39. The lowest BCUT2D eigenvalue weighted by Gasteiger charge is -2.40. The summed E-state index contributed by atoms with van der Waals surface area (Å²) in [5, 5.41) is 48.3. The number of rotatable bonds is 5. The molecular weight excluding hydrogens is 276 g/mol. The fourth-order valence-electron chi connectivity index (χ4n) is 1.73. The summed E-state index contributed by atoms with van der Waals surface area (Å²) in [7, 11) is 0. The van der Waals surface area contributed by atoms with E-state index in [2.05, 4.69) is 5.32 Å². The summed E-state index contributed by atoms with van der Waals surface area (Å²) in [6, 6.07) is -1.42. The normalized spacial score (nSPS) is 35.4. The minimum atomic E-state index is -1.63. The lowest BCUT2D eigenvalue weighted by atomic mass is 9.98. The van der Waals surface area contributed by atoms with Crippen LogP contribution in [0.1, 0.15) is 6.42 Å². The zero-order chi connectivity index (χ0) is 15.4. The Balaban J connectivity index is 2.61. The highest BCUT2D eigenvalue weighted by molar-refractivity contribution is 5.84. The van der Waals surface area contributed by atoms with Crippen molar-refractivity contribution in [3.05, 3.63) is 0 Å². The van der Waals surface area contributed by atoms with Crippen molar-refractivity contribution in [3.8, 4) is 0 Å². The molecule has 1 rings (SSSR count). The smallest absolute Gasteiger partial charge is 0.321 e. The van der Waals surface area contributed by atoms with Crippen molar-refractivity contribution in [1.29, 1.82) is 0 Å². The minimum absolute atomic E-state index is 0.551. The first-order chi connectivity index (χ1) is 9.27. The second kappa shape index (κ2) is 6.92. The molecule has 0 radical (unpaired) electrons. The topological polar surface area (TPSA) is 183 Å². The van der Waals surface area contributed by atoms with Crippen LogP contribution in [-0.2, 0) is 14.3 Å². The molecule has 0 aromatic rings. The Morgan fingerprint density at radius 1 is 1.20 bits per heavy atom. The molecule has 116 valence electrons. The summed E-state index contributed by atoms with van der Waals surface area (Å²) < 4.78 is 5.01. The van der Waals surface area contributed by atoms with E-state index < -0.39 is 61.6 Å². The first-order valence-electron chi connectivity index (χ1n) is 5.86. The summed E-state index contributed by atoms with van der Waals surface area (Å²) in [4.78, 5) is 22.0. The molecule has 2 unspecified atom stereocenters. The van der Waals surface area contributed by atoms with Gasteiger partial charge in [0.25, 0.3) is 0 Å². The lowest BCUT2D eigenvalue weighted by molar-refractivity contribution is -0.236. The van der Waals surface area contributed by atoms with Crippen LogP contribution in [0.2, 0.25) is 0 Å². The number of nitrogens with two attached hydrogens (primary N) is 1. The molecular formula is C10H18N2O8. The average molecular weight is 294 g/mol. The van der Waals surface area contributed by atoms with E-state index in [4.69, 9.17) is 20.7 Å². The number of aliphatic carboxylic acids is 1. The van der Waals surface area contributed by atoms with Crippen LogP contribution in [-0.4, -0.2) is 80.7 Å². The third kappa shape index (κ3) is 3.85. The van der Waals surface area contributed by atoms with Crippen molar-refractivity contribution in [2.75, 3.05) is 6.61 Å². The van der Waals surface area contributed by atoms with E-state index in [-0.39, 0.29) is 0 Å². The van der Waals surface area contributed by atoms with Gasteiger partial charge in [-0.2, -0.15) is 0 Å². The van der Waals surface area contributed by atoms with Gasteiger partial charge in [-0.15, -0.1) is 0 Å². The summed E-state index contributed by atoms with van der Waals surface area (Å²) >= 11 is 0. The molecule has 1 heterocycles. The van der Waals surface area contributed by atoms with Crippen LogP contribution in [0.4, 0.5) is 0 Å². The molecule has 0 aromatic heterocycles. The third-order valence-corrected chi connectivity index (χ3v) is 2.92. The van der Waals surface area contributed by atoms with Crippen LogP contribution >= 0.6 is 0 Å². The number of carboxylic acid groups (broad SMARTS) is 1. The number of carboxylic acids is 1. The molecule has 20 heavy (non-hydrogen) atoms. The molecule has 0 aromatic carbocycles. The van der Waals surface area contributed by atoms with Crippen LogP contribution in [0.15, 0.2) is 0 Å². The Hall–Kier alpha value is -1.30. The van der Waals surface area contributed by atoms with Crippen molar-refractivity contribution in [3.63, 3.8) is 0 Å². The van der Waals surface area contributed by atoms with Gasteiger partial charge in [-0.25, -0.2) is 0 Å². The number of amides is 1. The second-order valence-corrected chi connectivity index (χ2v) is 4.47. The number of hydrogen-bond donors (Lipinski definition) is 7. The van der Waals surface area contributed by atoms with Gasteiger partial charge < -0.3 is 41.3 Å². The largest absolute Gasteiger partial charge is 0.480 e. The number of carbonyl (C=O) groups is 2. The maximum atomic E-state index is 11.5. The predicted molar refractivity (Wildman–Crippen MR) is 62.1 cm³/mol. The van der Waals surface area contributed by atoms with E-state index in [1.807, 2.05) is 0 Å². The van der Waals surface area contributed by atoms with Gasteiger partial charge in [-0.1, -0.05) is 0 Å². The van der Waals surface area contributed by atoms with Gasteiger partial charge in [-0.3, -0.25) is 9.59 Å². The van der Waals surface area contributed by atoms with E-state index in [0.29, 0.717) is 0 Å². The first kappa shape index (κ1) is 16.8. The summed E-state index contributed by atoms with van der Waals surface area (Å²) in [5.74, 6) is -2.18. The first-order valence-corrected chi connectivity index (χ1v) is 5.86. The molecule has 1 saturated heterocycles. The van der Waals surface area contributed by atoms with Gasteiger partial charge >= 0.3 is 5.97 Å². The molecule has 0 aliphatic carbocycles. The number of hydrogen-bond acceptors (Lipinski definition) is 8. The third-order valence-electron chi connectivity index (χ3n) is 2.92. The molecule has 10 nitrogen and oxygen atoms in total. The van der Waals surface area contributed by atoms with Crippen LogP contribution in [0, 0.1) is 0 Å². The Kier molecular flexibility index (Phi) is 5.80. The highest BCUT2D eigenvalue weighted by atomic mass is 16.6. The van der Waals surface area contributed by atoms with Crippen LogP contribution in [0.5, 0.6) is 0 Å². The Bertz CT molecular complexity index is 363. The molecule has 10 heteroatoms. The second-order valence-electron chi connectivity index (χ2n) is 4.47. The van der Waals surface area contributed by atoms with Gasteiger partial charge in [0.1, 0.15) is 30.5 Å². The van der Waals surface area contributed by atoms with Crippen LogP contribution < -0.4 is 11.1 Å². The Morgan fingerprint density at radius 2 is 1.80 bits per heavy atom. The monoisotopic (exact) mass is 294 g/mol. The molecule has 0 bridgehead atoms. The summed E-state index contributed by atoms with van der Waals surface area (Å²) in [6.45, 7) is -0.633. The molecule has 8 N–H and O–H groups in total. The maximum absolute atomic E-state index is 11.5. The summed E-state index contributed by atoms with van der Waals surface area (Å²) in [6.07, 6.45) is -7.89. The van der Waals surface area contributed by atoms with Gasteiger partial charge in [-0.05, 0) is 0 Å². The summed E-state index contributed by atoms with van der Waals surface area (Å²) in [5.41, 5.74) is 5.17. The van der Waals surface area contributed by atoms with Crippen LogP contribution in [0.25, 0.3) is 0 Å². The van der Waals surface area contributed by atoms with Gasteiger partial charge in [0.2, 0.25) is 5.91 Å². The predicted octanol–water partition coefficient (Wildman–Crippen LogP) is -4.30. The molecule has 0 saturated carbocycles. The number of aliphatic hydroxyl groups excluding tert-OH is 4.